The maximum atomic E-state index is 8.81. The van der Waals surface area contributed by atoms with E-state index in [1.165, 1.54) is 3.57 Å². The van der Waals surface area contributed by atoms with Crippen molar-refractivity contribution in [3.8, 4) is 5.75 Å². The van der Waals surface area contributed by atoms with E-state index in [2.05, 4.69) is 43.7 Å². The Labute approximate surface area is 138 Å². The standard InChI is InChI=1S/C14H12BrIN2O2/c15-10-3-6-13(12(7-10)14(17)18-19)20-8-9-1-4-11(16)5-2-9/h1-7,19H,8H2,(H2,17,18). The fraction of sp³-hybridized carbons (Fsp3) is 0.0714. The number of nitrogens with two attached hydrogens (primary N) is 1. The summed E-state index contributed by atoms with van der Waals surface area (Å²) in [5.41, 5.74) is 7.25. The van der Waals surface area contributed by atoms with Crippen LogP contribution in [0.25, 0.3) is 0 Å². The number of benzene rings is 2. The summed E-state index contributed by atoms with van der Waals surface area (Å²) in [6.07, 6.45) is 0. The van der Waals surface area contributed by atoms with Gasteiger partial charge in [-0.2, -0.15) is 0 Å². The molecule has 0 bridgehead atoms. The van der Waals surface area contributed by atoms with Crippen LogP contribution in [0.2, 0.25) is 0 Å². The van der Waals surface area contributed by atoms with Gasteiger partial charge in [0.2, 0.25) is 0 Å². The minimum atomic E-state index is 0.0175. The molecule has 0 aliphatic rings. The first-order chi connectivity index (χ1) is 9.60. The van der Waals surface area contributed by atoms with Crippen LogP contribution in [0.5, 0.6) is 5.75 Å². The third kappa shape index (κ3) is 3.86. The Balaban J connectivity index is 2.19. The van der Waals surface area contributed by atoms with Crippen molar-refractivity contribution < 1.29 is 9.94 Å². The van der Waals surface area contributed by atoms with Gasteiger partial charge < -0.3 is 15.7 Å². The molecule has 0 aliphatic carbocycles. The van der Waals surface area contributed by atoms with E-state index < -0.39 is 0 Å². The highest BCUT2D eigenvalue weighted by molar-refractivity contribution is 14.1. The molecule has 0 saturated heterocycles. The molecule has 3 N–H and O–H groups in total. The molecule has 0 heterocycles. The van der Waals surface area contributed by atoms with Crippen molar-refractivity contribution in [1.82, 2.24) is 0 Å². The van der Waals surface area contributed by atoms with Crippen molar-refractivity contribution in [2.75, 3.05) is 0 Å². The third-order valence-corrected chi connectivity index (χ3v) is 3.85. The van der Waals surface area contributed by atoms with Gasteiger partial charge in [0, 0.05) is 8.04 Å². The van der Waals surface area contributed by atoms with E-state index in [1.807, 2.05) is 30.3 Å². The van der Waals surface area contributed by atoms with Gasteiger partial charge in [0.1, 0.15) is 12.4 Å². The molecule has 20 heavy (non-hydrogen) atoms. The molecule has 4 nitrogen and oxygen atoms in total. The fourth-order valence-electron chi connectivity index (χ4n) is 1.62. The van der Waals surface area contributed by atoms with Crippen LogP contribution in [0, 0.1) is 3.57 Å². The van der Waals surface area contributed by atoms with Crippen LogP contribution in [0.1, 0.15) is 11.1 Å². The highest BCUT2D eigenvalue weighted by Gasteiger charge is 2.09. The highest BCUT2D eigenvalue weighted by Crippen LogP contribution is 2.24. The molecule has 0 atom stereocenters. The summed E-state index contributed by atoms with van der Waals surface area (Å²) in [7, 11) is 0. The van der Waals surface area contributed by atoms with Gasteiger partial charge in [-0.1, -0.05) is 33.2 Å². The van der Waals surface area contributed by atoms with E-state index in [9.17, 15) is 0 Å². The molecule has 0 radical (unpaired) electrons. The van der Waals surface area contributed by atoms with Crippen molar-refractivity contribution in [2.45, 2.75) is 6.61 Å². The maximum Gasteiger partial charge on any atom is 0.173 e. The monoisotopic (exact) mass is 446 g/mol. The Bertz CT molecular complexity index is 630. The lowest BCUT2D eigenvalue weighted by Gasteiger charge is -2.11. The zero-order valence-electron chi connectivity index (χ0n) is 10.4. The molecule has 6 heteroatoms. The minimum Gasteiger partial charge on any atom is -0.488 e. The van der Waals surface area contributed by atoms with Crippen LogP contribution in [0.15, 0.2) is 52.1 Å². The van der Waals surface area contributed by atoms with Crippen molar-refractivity contribution in [3.05, 3.63) is 61.6 Å². The first-order valence-corrected chi connectivity index (χ1v) is 7.62. The summed E-state index contributed by atoms with van der Waals surface area (Å²) in [6, 6.07) is 13.4. The Hall–Kier alpha value is -1.28. The van der Waals surface area contributed by atoms with E-state index in [0.717, 1.165) is 10.0 Å². The Kier molecular flexibility index (Phi) is 5.24. The molecule has 0 spiro atoms. The molecule has 0 unspecified atom stereocenters. The van der Waals surface area contributed by atoms with E-state index in [0.29, 0.717) is 17.9 Å². The summed E-state index contributed by atoms with van der Waals surface area (Å²) in [4.78, 5) is 0. The number of rotatable bonds is 4. The van der Waals surface area contributed by atoms with Gasteiger partial charge in [-0.15, -0.1) is 0 Å². The average molecular weight is 447 g/mol. The SMILES string of the molecule is N/C(=N/O)c1cc(Br)ccc1OCc1ccc(I)cc1. The van der Waals surface area contributed by atoms with Crippen LogP contribution in [-0.2, 0) is 6.61 Å². The zero-order valence-corrected chi connectivity index (χ0v) is 14.1. The lowest BCUT2D eigenvalue weighted by Crippen LogP contribution is -2.15. The largest absolute Gasteiger partial charge is 0.488 e. The number of oxime groups is 1. The predicted octanol–water partition coefficient (Wildman–Crippen LogP) is 3.73. The lowest BCUT2D eigenvalue weighted by atomic mass is 10.2. The van der Waals surface area contributed by atoms with Gasteiger partial charge in [-0.05, 0) is 58.5 Å². The van der Waals surface area contributed by atoms with E-state index in [-0.39, 0.29) is 5.84 Å². The van der Waals surface area contributed by atoms with E-state index >= 15 is 0 Å². The first kappa shape index (κ1) is 15.1. The van der Waals surface area contributed by atoms with E-state index in [4.69, 9.17) is 15.7 Å². The van der Waals surface area contributed by atoms with Crippen LogP contribution in [-0.4, -0.2) is 11.0 Å². The summed E-state index contributed by atoms with van der Waals surface area (Å²) in [5.74, 6) is 0.589. The van der Waals surface area contributed by atoms with Gasteiger partial charge in [-0.3, -0.25) is 0 Å². The Morgan fingerprint density at radius 2 is 1.95 bits per heavy atom. The average Bonchev–Trinajstić information content (AvgIpc) is 2.46. The molecule has 0 saturated carbocycles. The molecule has 2 aromatic rings. The third-order valence-electron chi connectivity index (χ3n) is 2.63. The second kappa shape index (κ2) is 6.94. The topological polar surface area (TPSA) is 67.8 Å². The molecule has 0 amide bonds. The zero-order chi connectivity index (χ0) is 14.5. The Morgan fingerprint density at radius 1 is 1.25 bits per heavy atom. The summed E-state index contributed by atoms with van der Waals surface area (Å²) in [5, 5.41) is 11.8. The van der Waals surface area contributed by atoms with Crippen molar-refractivity contribution in [3.63, 3.8) is 0 Å². The molecular weight excluding hydrogens is 435 g/mol. The van der Waals surface area contributed by atoms with Gasteiger partial charge >= 0.3 is 0 Å². The number of amidine groups is 1. The molecule has 2 rings (SSSR count). The lowest BCUT2D eigenvalue weighted by molar-refractivity contribution is 0.303. The van der Waals surface area contributed by atoms with Crippen molar-refractivity contribution in [2.24, 2.45) is 10.9 Å². The van der Waals surface area contributed by atoms with E-state index in [1.54, 1.807) is 12.1 Å². The number of halogens is 2. The number of hydrogen-bond acceptors (Lipinski definition) is 3. The van der Waals surface area contributed by atoms with Crippen LogP contribution >= 0.6 is 38.5 Å². The van der Waals surface area contributed by atoms with Crippen LogP contribution in [0.4, 0.5) is 0 Å². The second-order valence-corrected chi connectivity index (χ2v) is 6.20. The van der Waals surface area contributed by atoms with Crippen molar-refractivity contribution >= 4 is 44.4 Å². The number of ether oxygens (including phenoxy) is 1. The fourth-order valence-corrected chi connectivity index (χ4v) is 2.34. The second-order valence-electron chi connectivity index (χ2n) is 4.04. The quantitative estimate of drug-likeness (QED) is 0.247. The van der Waals surface area contributed by atoms with Gasteiger partial charge in [-0.25, -0.2) is 0 Å². The summed E-state index contributed by atoms with van der Waals surface area (Å²) < 4.78 is 7.75. The smallest absolute Gasteiger partial charge is 0.173 e. The molecule has 104 valence electrons. The predicted molar refractivity (Wildman–Crippen MR) is 90.1 cm³/mol. The normalized spacial score (nSPS) is 11.4. The first-order valence-electron chi connectivity index (χ1n) is 5.75. The van der Waals surface area contributed by atoms with Crippen LogP contribution < -0.4 is 10.5 Å². The van der Waals surface area contributed by atoms with Gasteiger partial charge in [0.15, 0.2) is 5.84 Å². The van der Waals surface area contributed by atoms with Gasteiger partial charge in [0.05, 0.1) is 5.56 Å². The number of nitrogens with zero attached hydrogens (tertiary/aromatic N) is 1. The Morgan fingerprint density at radius 3 is 2.60 bits per heavy atom. The molecule has 0 aromatic heterocycles. The van der Waals surface area contributed by atoms with Gasteiger partial charge in [0.25, 0.3) is 0 Å². The summed E-state index contributed by atoms with van der Waals surface area (Å²) in [6.45, 7) is 0.421. The molecule has 0 aliphatic heterocycles. The highest BCUT2D eigenvalue weighted by atomic mass is 127. The number of hydrogen-bond donors (Lipinski definition) is 2. The molecular formula is C14H12BrIN2O2. The molecule has 0 fully saturated rings. The summed E-state index contributed by atoms with van der Waals surface area (Å²) >= 11 is 5.60. The molecule has 2 aromatic carbocycles. The minimum absolute atomic E-state index is 0.0175. The van der Waals surface area contributed by atoms with Crippen LogP contribution in [0.3, 0.4) is 0 Å². The van der Waals surface area contributed by atoms with Crippen molar-refractivity contribution in [1.29, 1.82) is 0 Å². The maximum absolute atomic E-state index is 8.81.